The molecule has 0 aliphatic carbocycles. The third kappa shape index (κ3) is 4.04. The Labute approximate surface area is 184 Å². The van der Waals surface area contributed by atoms with Gasteiger partial charge >= 0.3 is 5.97 Å². The Morgan fingerprint density at radius 2 is 2.10 bits per heavy atom. The van der Waals surface area contributed by atoms with Crippen LogP contribution in [0.15, 0.2) is 48.9 Å². The zero-order chi connectivity index (χ0) is 21.5. The van der Waals surface area contributed by atoms with Crippen LogP contribution in [-0.4, -0.2) is 39.1 Å². The molecule has 1 aliphatic rings. The van der Waals surface area contributed by atoms with Crippen molar-refractivity contribution in [3.05, 3.63) is 59.5 Å². The predicted octanol–water partition coefficient (Wildman–Crippen LogP) is 4.89. The van der Waals surface area contributed by atoms with Crippen LogP contribution in [0.3, 0.4) is 0 Å². The predicted molar refractivity (Wildman–Crippen MR) is 120 cm³/mol. The van der Waals surface area contributed by atoms with Gasteiger partial charge in [-0.2, -0.15) is 0 Å². The van der Waals surface area contributed by atoms with Crippen LogP contribution in [-0.2, 0) is 9.53 Å². The fraction of sp³-hybridized carbons (Fsp3) is 0.318. The molecule has 0 saturated carbocycles. The molecule has 2 atom stereocenters. The van der Waals surface area contributed by atoms with Gasteiger partial charge in [0.15, 0.2) is 5.78 Å². The van der Waals surface area contributed by atoms with E-state index in [9.17, 15) is 9.59 Å². The van der Waals surface area contributed by atoms with Gasteiger partial charge in [-0.15, -0.1) is 0 Å². The molecular formula is C22H22ClN3O3S. The largest absolute Gasteiger partial charge is 0.458 e. The summed E-state index contributed by atoms with van der Waals surface area (Å²) in [6, 6.07) is 8.29. The van der Waals surface area contributed by atoms with E-state index in [0.717, 1.165) is 16.6 Å². The summed E-state index contributed by atoms with van der Waals surface area (Å²) < 4.78 is 7.53. The standard InChI is InChI=1S/C22H22ClN3O3S/c1-22(2,3)29-21(28)19-17(12-30-26(19)14-5-4-8-24-10-14)20(27)16-11-25-18-9-13(23)6-7-15(16)18/h4-11,17,19,25H,12H2,1-3H3. The number of ketones is 1. The maximum atomic E-state index is 13.5. The minimum atomic E-state index is -0.747. The molecule has 1 fully saturated rings. The van der Waals surface area contributed by atoms with E-state index >= 15 is 0 Å². The number of fused-ring (bicyclic) bond motifs is 1. The molecule has 8 heteroatoms. The maximum Gasteiger partial charge on any atom is 0.331 e. The molecule has 0 amide bonds. The molecule has 1 aliphatic heterocycles. The van der Waals surface area contributed by atoms with Gasteiger partial charge in [0.25, 0.3) is 0 Å². The number of rotatable bonds is 4. The summed E-state index contributed by atoms with van der Waals surface area (Å²) in [4.78, 5) is 34.0. The molecule has 4 rings (SSSR count). The number of ether oxygens (including phenoxy) is 1. The van der Waals surface area contributed by atoms with Gasteiger partial charge in [-0.05, 0) is 57.0 Å². The monoisotopic (exact) mass is 443 g/mol. The Morgan fingerprint density at radius 3 is 2.80 bits per heavy atom. The van der Waals surface area contributed by atoms with Crippen LogP contribution >= 0.6 is 23.5 Å². The third-order valence-electron chi connectivity index (χ3n) is 4.82. The maximum absolute atomic E-state index is 13.5. The lowest BCUT2D eigenvalue weighted by molar-refractivity contribution is -0.156. The summed E-state index contributed by atoms with van der Waals surface area (Å²) in [6.07, 6.45) is 5.05. The van der Waals surface area contributed by atoms with E-state index in [0.29, 0.717) is 16.3 Å². The molecular weight excluding hydrogens is 422 g/mol. The molecule has 0 spiro atoms. The van der Waals surface area contributed by atoms with E-state index < -0.39 is 23.5 Å². The molecule has 0 radical (unpaired) electrons. The van der Waals surface area contributed by atoms with Gasteiger partial charge in [0, 0.05) is 39.6 Å². The fourth-order valence-electron chi connectivity index (χ4n) is 3.56. The van der Waals surface area contributed by atoms with Crippen molar-refractivity contribution in [2.45, 2.75) is 32.4 Å². The van der Waals surface area contributed by atoms with Crippen LogP contribution in [0.5, 0.6) is 0 Å². The Kier molecular flexibility index (Phi) is 5.51. The first-order chi connectivity index (χ1) is 14.2. The van der Waals surface area contributed by atoms with Crippen molar-refractivity contribution in [1.82, 2.24) is 9.97 Å². The number of H-pyrrole nitrogens is 1. The van der Waals surface area contributed by atoms with Crippen molar-refractivity contribution in [1.29, 1.82) is 0 Å². The van der Waals surface area contributed by atoms with Gasteiger partial charge in [-0.25, -0.2) is 4.79 Å². The van der Waals surface area contributed by atoms with E-state index in [4.69, 9.17) is 16.3 Å². The highest BCUT2D eigenvalue weighted by Gasteiger charge is 2.47. The Hall–Kier alpha value is -2.51. The molecule has 3 aromatic rings. The second kappa shape index (κ2) is 7.96. The van der Waals surface area contributed by atoms with Crippen molar-refractivity contribution in [2.24, 2.45) is 5.92 Å². The third-order valence-corrected chi connectivity index (χ3v) is 6.28. The highest BCUT2D eigenvalue weighted by molar-refractivity contribution is 8.01. The summed E-state index contributed by atoms with van der Waals surface area (Å²) >= 11 is 7.51. The van der Waals surface area contributed by atoms with Crippen molar-refractivity contribution >= 4 is 51.9 Å². The number of carbonyl (C=O) groups excluding carboxylic acids is 2. The Balaban J connectivity index is 1.71. The molecule has 2 aromatic heterocycles. The minimum absolute atomic E-state index is 0.0988. The summed E-state index contributed by atoms with van der Waals surface area (Å²) in [5.41, 5.74) is 1.44. The van der Waals surface area contributed by atoms with Crippen LogP contribution < -0.4 is 4.31 Å². The van der Waals surface area contributed by atoms with Crippen LogP contribution in [0.25, 0.3) is 10.9 Å². The van der Waals surface area contributed by atoms with Crippen LogP contribution in [0.2, 0.25) is 5.02 Å². The Bertz CT molecular complexity index is 1090. The summed E-state index contributed by atoms with van der Waals surface area (Å²) in [5, 5.41) is 1.38. The lowest BCUT2D eigenvalue weighted by Crippen LogP contribution is -2.44. The van der Waals surface area contributed by atoms with Crippen molar-refractivity contribution in [3.8, 4) is 0 Å². The molecule has 1 saturated heterocycles. The molecule has 1 aromatic carbocycles. The SMILES string of the molecule is CC(C)(C)OC(=O)C1C(C(=O)c2c[nH]c3cc(Cl)ccc23)CSN1c1cccnc1. The van der Waals surface area contributed by atoms with Gasteiger partial charge in [-0.1, -0.05) is 17.7 Å². The summed E-state index contributed by atoms with van der Waals surface area (Å²) in [6.45, 7) is 5.46. The number of benzene rings is 1. The number of nitrogens with zero attached hydrogens (tertiary/aromatic N) is 2. The molecule has 30 heavy (non-hydrogen) atoms. The molecule has 2 unspecified atom stereocenters. The van der Waals surface area contributed by atoms with Gasteiger partial charge in [0.05, 0.1) is 17.8 Å². The van der Waals surface area contributed by atoms with E-state index in [-0.39, 0.29) is 5.78 Å². The second-order valence-electron chi connectivity index (χ2n) is 8.17. The zero-order valence-corrected chi connectivity index (χ0v) is 18.5. The lowest BCUT2D eigenvalue weighted by atomic mass is 9.91. The highest BCUT2D eigenvalue weighted by Crippen LogP contribution is 2.40. The first kappa shape index (κ1) is 20.8. The van der Waals surface area contributed by atoms with Crippen LogP contribution in [0, 0.1) is 5.92 Å². The van der Waals surface area contributed by atoms with Crippen LogP contribution in [0.4, 0.5) is 5.69 Å². The Morgan fingerprint density at radius 1 is 1.30 bits per heavy atom. The summed E-state index contributed by atoms with van der Waals surface area (Å²) in [5.74, 6) is -0.603. The van der Waals surface area contributed by atoms with Gasteiger partial charge in [0.2, 0.25) is 0 Å². The van der Waals surface area contributed by atoms with Gasteiger partial charge in [0.1, 0.15) is 11.6 Å². The average molecular weight is 444 g/mol. The van der Waals surface area contributed by atoms with E-state index in [1.54, 1.807) is 36.8 Å². The number of halogens is 1. The number of pyridine rings is 1. The second-order valence-corrected chi connectivity index (χ2v) is 9.60. The highest BCUT2D eigenvalue weighted by atomic mass is 35.5. The number of carbonyl (C=O) groups is 2. The van der Waals surface area contributed by atoms with E-state index in [2.05, 4.69) is 9.97 Å². The average Bonchev–Trinajstić information content (AvgIpc) is 3.31. The van der Waals surface area contributed by atoms with E-state index in [1.165, 1.54) is 11.9 Å². The van der Waals surface area contributed by atoms with Crippen LogP contribution in [0.1, 0.15) is 31.1 Å². The lowest BCUT2D eigenvalue weighted by Gasteiger charge is -2.29. The number of nitrogens with one attached hydrogen (secondary N) is 1. The number of Topliss-reactive ketones (excluding diaryl/α,β-unsaturated/α-hetero) is 1. The van der Waals surface area contributed by atoms with Gasteiger partial charge in [-0.3, -0.25) is 14.1 Å². The fourth-order valence-corrected chi connectivity index (χ4v) is 5.04. The van der Waals surface area contributed by atoms with Crippen molar-refractivity contribution in [2.75, 3.05) is 10.1 Å². The molecule has 6 nitrogen and oxygen atoms in total. The number of aromatic amines is 1. The quantitative estimate of drug-likeness (QED) is 0.351. The first-order valence-corrected chi connectivity index (χ1v) is 10.9. The van der Waals surface area contributed by atoms with Gasteiger partial charge < -0.3 is 9.72 Å². The van der Waals surface area contributed by atoms with E-state index in [1.807, 2.05) is 37.2 Å². The number of anilines is 1. The first-order valence-electron chi connectivity index (χ1n) is 9.60. The minimum Gasteiger partial charge on any atom is -0.458 e. The normalized spacial score (nSPS) is 19.3. The smallest absolute Gasteiger partial charge is 0.331 e. The van der Waals surface area contributed by atoms with Crippen molar-refractivity contribution < 1.29 is 14.3 Å². The molecule has 0 bridgehead atoms. The molecule has 156 valence electrons. The van der Waals surface area contributed by atoms with Crippen molar-refractivity contribution in [3.63, 3.8) is 0 Å². The number of hydrogen-bond acceptors (Lipinski definition) is 6. The number of esters is 1. The number of hydrogen-bond donors (Lipinski definition) is 1. The topological polar surface area (TPSA) is 75.3 Å². The summed E-state index contributed by atoms with van der Waals surface area (Å²) in [7, 11) is 0. The molecule has 3 heterocycles. The zero-order valence-electron chi connectivity index (χ0n) is 16.9. The number of aromatic nitrogens is 2. The molecule has 1 N–H and O–H groups in total.